The molecule has 2 fully saturated rings. The third-order valence-corrected chi connectivity index (χ3v) is 7.91. The highest BCUT2D eigenvalue weighted by atomic mass is 16.5. The first-order chi connectivity index (χ1) is 22.1. The Hall–Kier alpha value is -5.13. The highest BCUT2D eigenvalue weighted by Crippen LogP contribution is 2.30. The lowest BCUT2D eigenvalue weighted by atomic mass is 9.89. The van der Waals surface area contributed by atoms with Gasteiger partial charge in [0.1, 0.15) is 35.7 Å². The molecule has 1 saturated carbocycles. The second kappa shape index (κ2) is 14.1. The van der Waals surface area contributed by atoms with E-state index in [1.54, 1.807) is 37.1 Å². The van der Waals surface area contributed by atoms with E-state index in [1.807, 2.05) is 17.0 Å². The van der Waals surface area contributed by atoms with Crippen molar-refractivity contribution in [1.29, 1.82) is 5.26 Å². The summed E-state index contributed by atoms with van der Waals surface area (Å²) < 4.78 is 5.23. The van der Waals surface area contributed by atoms with Crippen LogP contribution in [0.1, 0.15) is 49.3 Å². The van der Waals surface area contributed by atoms with Gasteiger partial charge in [-0.2, -0.15) is 10.2 Å². The molecule has 14 heteroatoms. The van der Waals surface area contributed by atoms with Crippen molar-refractivity contribution in [2.45, 2.75) is 63.3 Å². The normalized spacial score (nSPS) is 18.0. The number of aryl methyl sites for hydroxylation is 1. The monoisotopic (exact) mass is 607 g/mol. The summed E-state index contributed by atoms with van der Waals surface area (Å²) in [6.45, 7) is 0.938. The first-order valence-corrected chi connectivity index (χ1v) is 14.9. The number of nitrogens with one attached hydrogen (secondary N) is 2. The first-order valence-electron chi connectivity index (χ1n) is 14.9. The molecule has 1 saturated heterocycles. The SMILES string of the molecule is N#Cc1cnc(NC2CCC(N(C(=O)CCc3ncccn3)c3ccc(-c4cnc(CO)nc4)cn3)CC2)nc1NC1COC1. The lowest BCUT2D eigenvalue weighted by molar-refractivity contribution is -0.119. The van der Waals surface area contributed by atoms with E-state index in [9.17, 15) is 15.2 Å². The van der Waals surface area contributed by atoms with E-state index >= 15 is 0 Å². The van der Waals surface area contributed by atoms with E-state index in [4.69, 9.17) is 4.74 Å². The predicted molar refractivity (Wildman–Crippen MR) is 164 cm³/mol. The van der Waals surface area contributed by atoms with Crippen LogP contribution in [0, 0.1) is 11.3 Å². The maximum Gasteiger partial charge on any atom is 0.228 e. The average Bonchev–Trinajstić information content (AvgIpc) is 3.07. The van der Waals surface area contributed by atoms with E-state index in [1.165, 1.54) is 6.20 Å². The molecule has 0 spiro atoms. The van der Waals surface area contributed by atoms with Crippen molar-refractivity contribution in [1.82, 2.24) is 34.9 Å². The molecule has 0 atom stereocenters. The number of ether oxygens (including phenoxy) is 1. The number of pyridine rings is 1. The van der Waals surface area contributed by atoms with Crippen molar-refractivity contribution in [2.75, 3.05) is 28.7 Å². The number of carbonyl (C=O) groups excluding carboxylic acids is 1. The van der Waals surface area contributed by atoms with Crippen molar-refractivity contribution in [3.8, 4) is 17.2 Å². The van der Waals surface area contributed by atoms with Crippen molar-refractivity contribution in [2.24, 2.45) is 0 Å². The van der Waals surface area contributed by atoms with Crippen LogP contribution in [-0.2, 0) is 22.6 Å². The summed E-state index contributed by atoms with van der Waals surface area (Å²) in [4.78, 5) is 46.0. The van der Waals surface area contributed by atoms with Gasteiger partial charge in [0.2, 0.25) is 11.9 Å². The van der Waals surface area contributed by atoms with Gasteiger partial charge in [0, 0.05) is 67.0 Å². The molecule has 6 rings (SSSR count). The fourth-order valence-corrected chi connectivity index (χ4v) is 5.42. The van der Waals surface area contributed by atoms with Gasteiger partial charge in [-0.05, 0) is 43.9 Å². The number of carbonyl (C=O) groups is 1. The van der Waals surface area contributed by atoms with E-state index in [0.29, 0.717) is 54.4 Å². The molecule has 14 nitrogen and oxygen atoms in total. The minimum atomic E-state index is -0.227. The highest BCUT2D eigenvalue weighted by molar-refractivity contribution is 5.93. The molecule has 0 aromatic carbocycles. The number of rotatable bonds is 11. The lowest BCUT2D eigenvalue weighted by Crippen LogP contribution is -2.45. The van der Waals surface area contributed by atoms with Gasteiger partial charge in [0.15, 0.2) is 5.82 Å². The zero-order valence-electron chi connectivity index (χ0n) is 24.6. The number of nitriles is 1. The molecule has 2 aliphatic rings. The van der Waals surface area contributed by atoms with Crippen LogP contribution in [0.4, 0.5) is 17.6 Å². The van der Waals surface area contributed by atoms with Crippen molar-refractivity contribution in [3.63, 3.8) is 0 Å². The molecular formula is C31H33N11O3. The van der Waals surface area contributed by atoms with Gasteiger partial charge in [-0.25, -0.2) is 29.9 Å². The van der Waals surface area contributed by atoms with Gasteiger partial charge in [-0.1, -0.05) is 0 Å². The molecule has 4 aromatic heterocycles. The quantitative estimate of drug-likeness (QED) is 0.226. The third-order valence-electron chi connectivity index (χ3n) is 7.91. The molecule has 3 N–H and O–H groups in total. The summed E-state index contributed by atoms with van der Waals surface area (Å²) in [7, 11) is 0. The van der Waals surface area contributed by atoms with Crippen LogP contribution in [0.2, 0.25) is 0 Å². The van der Waals surface area contributed by atoms with E-state index < -0.39 is 0 Å². The van der Waals surface area contributed by atoms with E-state index in [2.05, 4.69) is 51.6 Å². The minimum Gasteiger partial charge on any atom is -0.388 e. The zero-order chi connectivity index (χ0) is 31.0. The molecule has 1 aliphatic heterocycles. The summed E-state index contributed by atoms with van der Waals surface area (Å²) in [6.07, 6.45) is 13.7. The largest absolute Gasteiger partial charge is 0.388 e. The zero-order valence-corrected chi connectivity index (χ0v) is 24.6. The van der Waals surface area contributed by atoms with Crippen molar-refractivity contribution in [3.05, 3.63) is 72.6 Å². The maximum atomic E-state index is 13.7. The molecule has 1 amide bonds. The van der Waals surface area contributed by atoms with E-state index in [0.717, 1.165) is 36.8 Å². The van der Waals surface area contributed by atoms with Crippen LogP contribution >= 0.6 is 0 Å². The smallest absolute Gasteiger partial charge is 0.228 e. The number of hydrogen-bond acceptors (Lipinski definition) is 13. The average molecular weight is 608 g/mol. The Labute approximate surface area is 260 Å². The van der Waals surface area contributed by atoms with E-state index in [-0.39, 0.29) is 37.1 Å². The topological polar surface area (TPSA) is 188 Å². The van der Waals surface area contributed by atoms with Gasteiger partial charge >= 0.3 is 0 Å². The van der Waals surface area contributed by atoms with Crippen LogP contribution in [0.5, 0.6) is 0 Å². The highest BCUT2D eigenvalue weighted by Gasteiger charge is 2.31. The number of anilines is 3. The Morgan fingerprint density at radius 1 is 0.911 bits per heavy atom. The number of nitrogens with zero attached hydrogens (tertiary/aromatic N) is 9. The van der Waals surface area contributed by atoms with Crippen molar-refractivity contribution < 1.29 is 14.6 Å². The number of aromatic nitrogens is 7. The third kappa shape index (κ3) is 7.34. The second-order valence-corrected chi connectivity index (χ2v) is 11.0. The minimum absolute atomic E-state index is 0.0409. The molecule has 45 heavy (non-hydrogen) atoms. The number of hydrogen-bond donors (Lipinski definition) is 3. The molecule has 0 unspecified atom stereocenters. The van der Waals surface area contributed by atoms with Gasteiger partial charge in [-0.15, -0.1) is 0 Å². The summed E-state index contributed by atoms with van der Waals surface area (Å²) in [6, 6.07) is 7.84. The van der Waals surface area contributed by atoms with Gasteiger partial charge in [0.25, 0.3) is 0 Å². The second-order valence-electron chi connectivity index (χ2n) is 11.0. The Morgan fingerprint density at radius 2 is 1.67 bits per heavy atom. The fraction of sp³-hybridized carbons (Fsp3) is 0.387. The molecule has 1 aliphatic carbocycles. The molecular weight excluding hydrogens is 574 g/mol. The summed E-state index contributed by atoms with van der Waals surface area (Å²) in [5.74, 6) is 2.47. The first kappa shape index (κ1) is 29.9. The Bertz CT molecular complexity index is 1620. The lowest BCUT2D eigenvalue weighted by Gasteiger charge is -2.36. The molecule has 5 heterocycles. The summed E-state index contributed by atoms with van der Waals surface area (Å²) in [5.41, 5.74) is 1.96. The molecule has 4 aromatic rings. The molecule has 0 bridgehead atoms. The molecule has 0 radical (unpaired) electrons. The Morgan fingerprint density at radius 3 is 2.31 bits per heavy atom. The van der Waals surface area contributed by atoms with Gasteiger partial charge in [-0.3, -0.25) is 9.69 Å². The van der Waals surface area contributed by atoms with Crippen LogP contribution in [0.15, 0.2) is 55.4 Å². The summed E-state index contributed by atoms with van der Waals surface area (Å²) >= 11 is 0. The van der Waals surface area contributed by atoms with Crippen molar-refractivity contribution >= 4 is 23.5 Å². The number of amides is 1. The van der Waals surface area contributed by atoms with Crippen LogP contribution < -0.4 is 15.5 Å². The van der Waals surface area contributed by atoms with Crippen LogP contribution in [0.25, 0.3) is 11.1 Å². The molecule has 230 valence electrons. The Balaban J connectivity index is 1.15. The Kier molecular flexibility index (Phi) is 9.38. The van der Waals surface area contributed by atoms with Crippen LogP contribution in [0.3, 0.4) is 0 Å². The van der Waals surface area contributed by atoms with Gasteiger partial charge < -0.3 is 20.5 Å². The maximum absolute atomic E-state index is 13.7. The summed E-state index contributed by atoms with van der Waals surface area (Å²) in [5, 5.41) is 25.4. The standard InChI is InChI=1S/C31H33N11O3/c32-12-21-14-38-31(41-30(21)39-24-18-45-19-24)40-23-3-5-25(6-4-23)42(29(44)9-7-26-33-10-1-11-34-26)28-8-2-20(13-37-28)22-15-35-27(17-43)36-16-22/h1-2,8,10-11,13-16,23-25,43H,3-7,9,17-19H2,(H2,38,39,40,41). The predicted octanol–water partition coefficient (Wildman–Crippen LogP) is 2.68. The number of aliphatic hydroxyl groups is 1. The number of aliphatic hydroxyl groups excluding tert-OH is 1. The van der Waals surface area contributed by atoms with Crippen LogP contribution in [-0.4, -0.2) is 77.2 Å². The fourth-order valence-electron chi connectivity index (χ4n) is 5.42. The van der Waals surface area contributed by atoms with Gasteiger partial charge in [0.05, 0.1) is 25.5 Å².